The Morgan fingerprint density at radius 3 is 2.64 bits per heavy atom. The van der Waals surface area contributed by atoms with Crippen molar-refractivity contribution in [3.63, 3.8) is 0 Å². The Labute approximate surface area is 147 Å². The molecule has 1 saturated carbocycles. The normalized spacial score (nSPS) is 20.4. The third-order valence-electron chi connectivity index (χ3n) is 4.91. The molecule has 3 rings (SSSR count). The third-order valence-corrected chi connectivity index (χ3v) is 4.91. The lowest BCUT2D eigenvalue weighted by atomic mass is 9.86. The first-order valence-corrected chi connectivity index (χ1v) is 8.96. The zero-order valence-electron chi connectivity index (χ0n) is 14.5. The summed E-state index contributed by atoms with van der Waals surface area (Å²) in [5.74, 6) is -0.999. The van der Waals surface area contributed by atoms with E-state index in [1.54, 1.807) is 0 Å². The number of hydrogen-bond acceptors (Lipinski definition) is 2. The molecule has 6 heteroatoms. The number of benzene rings is 1. The van der Waals surface area contributed by atoms with Crippen molar-refractivity contribution in [2.45, 2.75) is 51.6 Å². The zero-order valence-corrected chi connectivity index (χ0v) is 14.5. The lowest BCUT2D eigenvalue weighted by Gasteiger charge is -2.26. The maximum absolute atomic E-state index is 12.2. The number of fused-ring (bicyclic) bond motifs is 1. The molecule has 1 aromatic carbocycles. The summed E-state index contributed by atoms with van der Waals surface area (Å²) in [6.07, 6.45) is 5.79. The third kappa shape index (κ3) is 4.13. The first-order valence-electron chi connectivity index (χ1n) is 8.96. The molecule has 0 radical (unpaired) electrons. The van der Waals surface area contributed by atoms with Gasteiger partial charge in [-0.3, -0.25) is 4.79 Å². The smallest absolute Gasteiger partial charge is 0.319 e. The van der Waals surface area contributed by atoms with Crippen molar-refractivity contribution in [1.29, 1.82) is 0 Å². The van der Waals surface area contributed by atoms with Crippen LogP contribution < -0.4 is 10.6 Å². The van der Waals surface area contributed by atoms with Gasteiger partial charge >= 0.3 is 12.0 Å². The van der Waals surface area contributed by atoms with Crippen molar-refractivity contribution >= 4 is 28.6 Å². The fourth-order valence-electron chi connectivity index (χ4n) is 3.53. The van der Waals surface area contributed by atoms with Gasteiger partial charge in [-0.2, -0.15) is 0 Å². The van der Waals surface area contributed by atoms with E-state index in [4.69, 9.17) is 5.11 Å². The van der Waals surface area contributed by atoms with Gasteiger partial charge in [0.2, 0.25) is 0 Å². The standard InChI is InChI=1S/C19H25N3O3/c1-2-10-22-11-9-13-3-8-16(12-17(13)22)21-19(25)20-15-6-4-14(5-7-15)18(23)24/h3,8-9,11-12,14-15H,2,4-7,10H2,1H3,(H,23,24)(H2,20,21,25). The minimum atomic E-state index is -0.730. The highest BCUT2D eigenvalue weighted by Gasteiger charge is 2.26. The van der Waals surface area contributed by atoms with Crippen LogP contribution in [0.15, 0.2) is 30.5 Å². The number of hydrogen-bond donors (Lipinski definition) is 3. The lowest BCUT2D eigenvalue weighted by Crippen LogP contribution is -2.40. The molecule has 0 unspecified atom stereocenters. The number of carboxylic acids is 1. The molecule has 0 atom stereocenters. The van der Waals surface area contributed by atoms with Crippen molar-refractivity contribution in [3.8, 4) is 0 Å². The summed E-state index contributed by atoms with van der Waals surface area (Å²) in [7, 11) is 0. The Morgan fingerprint density at radius 2 is 1.96 bits per heavy atom. The van der Waals surface area contributed by atoms with Crippen molar-refractivity contribution in [2.75, 3.05) is 5.32 Å². The van der Waals surface area contributed by atoms with Crippen molar-refractivity contribution in [2.24, 2.45) is 5.92 Å². The Hall–Kier alpha value is -2.50. The molecule has 134 valence electrons. The number of urea groups is 1. The molecule has 0 bridgehead atoms. The van der Waals surface area contributed by atoms with Gasteiger partial charge in [0.15, 0.2) is 0 Å². The number of anilines is 1. The Kier molecular flexibility index (Phi) is 5.26. The average molecular weight is 343 g/mol. The van der Waals surface area contributed by atoms with Gasteiger partial charge in [-0.25, -0.2) is 4.79 Å². The van der Waals surface area contributed by atoms with E-state index in [-0.39, 0.29) is 18.0 Å². The number of carbonyl (C=O) groups is 2. The highest BCUT2D eigenvalue weighted by atomic mass is 16.4. The van der Waals surface area contributed by atoms with Gasteiger partial charge in [0, 0.05) is 24.5 Å². The summed E-state index contributed by atoms with van der Waals surface area (Å²) in [6, 6.07) is 7.80. The molecule has 1 aliphatic rings. The number of carbonyl (C=O) groups excluding carboxylic acids is 1. The fraction of sp³-hybridized carbons (Fsp3) is 0.474. The van der Waals surface area contributed by atoms with Crippen LogP contribution in [-0.2, 0) is 11.3 Å². The lowest BCUT2D eigenvalue weighted by molar-refractivity contribution is -0.142. The van der Waals surface area contributed by atoms with Gasteiger partial charge in [-0.05, 0) is 55.7 Å². The van der Waals surface area contributed by atoms with Crippen LogP contribution in [0.5, 0.6) is 0 Å². The molecule has 6 nitrogen and oxygen atoms in total. The summed E-state index contributed by atoms with van der Waals surface area (Å²) >= 11 is 0. The van der Waals surface area contributed by atoms with Crippen LogP contribution in [0.25, 0.3) is 10.9 Å². The molecule has 0 aliphatic heterocycles. The Bertz CT molecular complexity index is 760. The van der Waals surface area contributed by atoms with Gasteiger partial charge in [0.05, 0.1) is 11.4 Å². The minimum Gasteiger partial charge on any atom is -0.481 e. The predicted octanol–water partition coefficient (Wildman–Crippen LogP) is 3.82. The number of aromatic nitrogens is 1. The topological polar surface area (TPSA) is 83.4 Å². The number of nitrogens with zero attached hydrogens (tertiary/aromatic N) is 1. The van der Waals surface area contributed by atoms with E-state index < -0.39 is 5.97 Å². The Balaban J connectivity index is 1.58. The second kappa shape index (κ2) is 7.59. The first-order chi connectivity index (χ1) is 12.1. The van der Waals surface area contributed by atoms with Crippen molar-refractivity contribution in [3.05, 3.63) is 30.5 Å². The van der Waals surface area contributed by atoms with Crippen LogP contribution in [0.1, 0.15) is 39.0 Å². The number of aryl methyl sites for hydroxylation is 1. The summed E-state index contributed by atoms with van der Waals surface area (Å²) in [4.78, 5) is 23.2. The SMILES string of the molecule is CCCn1ccc2ccc(NC(=O)NC3CCC(C(=O)O)CC3)cc21. The largest absolute Gasteiger partial charge is 0.481 e. The molecule has 1 aliphatic carbocycles. The monoisotopic (exact) mass is 343 g/mol. The minimum absolute atomic E-state index is 0.0447. The van der Waals surface area contributed by atoms with Gasteiger partial charge in [-0.1, -0.05) is 13.0 Å². The van der Waals surface area contributed by atoms with Crippen LogP contribution in [-0.4, -0.2) is 27.7 Å². The van der Waals surface area contributed by atoms with Crippen LogP contribution in [0.4, 0.5) is 10.5 Å². The number of nitrogens with one attached hydrogen (secondary N) is 2. The fourth-order valence-corrected chi connectivity index (χ4v) is 3.53. The molecule has 1 fully saturated rings. The predicted molar refractivity (Wildman–Crippen MR) is 97.8 cm³/mol. The highest BCUT2D eigenvalue weighted by Crippen LogP contribution is 2.25. The summed E-state index contributed by atoms with van der Waals surface area (Å²) in [5, 5.41) is 16.0. The molecule has 0 saturated heterocycles. The maximum Gasteiger partial charge on any atom is 0.319 e. The van der Waals surface area contributed by atoms with Gasteiger partial charge in [0.1, 0.15) is 0 Å². The zero-order chi connectivity index (χ0) is 17.8. The number of amides is 2. The Morgan fingerprint density at radius 1 is 1.20 bits per heavy atom. The molecule has 3 N–H and O–H groups in total. The van der Waals surface area contributed by atoms with Gasteiger partial charge in [-0.15, -0.1) is 0 Å². The molecular weight excluding hydrogens is 318 g/mol. The number of rotatable bonds is 5. The first kappa shape index (κ1) is 17.3. The highest BCUT2D eigenvalue weighted by molar-refractivity contribution is 5.93. The molecule has 2 amide bonds. The molecular formula is C19H25N3O3. The summed E-state index contributed by atoms with van der Waals surface area (Å²) < 4.78 is 2.19. The van der Waals surface area contributed by atoms with E-state index >= 15 is 0 Å². The van der Waals surface area contributed by atoms with Crippen LogP contribution in [0.3, 0.4) is 0 Å². The van der Waals surface area contributed by atoms with Crippen LogP contribution >= 0.6 is 0 Å². The van der Waals surface area contributed by atoms with Crippen molar-refractivity contribution in [1.82, 2.24) is 9.88 Å². The van der Waals surface area contributed by atoms with Gasteiger partial charge < -0.3 is 20.3 Å². The number of carboxylic acid groups (broad SMARTS) is 1. The quantitative estimate of drug-likeness (QED) is 0.772. The van der Waals surface area contributed by atoms with E-state index in [1.165, 1.54) is 0 Å². The molecule has 1 aromatic heterocycles. The van der Waals surface area contributed by atoms with E-state index in [0.717, 1.165) is 29.6 Å². The molecule has 1 heterocycles. The molecule has 25 heavy (non-hydrogen) atoms. The van der Waals surface area contributed by atoms with E-state index in [9.17, 15) is 9.59 Å². The number of aliphatic carboxylic acids is 1. The second-order valence-corrected chi connectivity index (χ2v) is 6.77. The second-order valence-electron chi connectivity index (χ2n) is 6.77. The van der Waals surface area contributed by atoms with Crippen LogP contribution in [0.2, 0.25) is 0 Å². The molecule has 0 spiro atoms. The van der Waals surface area contributed by atoms with Gasteiger partial charge in [0.25, 0.3) is 0 Å². The van der Waals surface area contributed by atoms with Crippen LogP contribution in [0, 0.1) is 5.92 Å². The van der Waals surface area contributed by atoms with E-state index in [1.807, 2.05) is 18.2 Å². The van der Waals surface area contributed by atoms with E-state index in [0.29, 0.717) is 25.7 Å². The average Bonchev–Trinajstić information content (AvgIpc) is 2.98. The molecule has 2 aromatic rings. The summed E-state index contributed by atoms with van der Waals surface area (Å²) in [6.45, 7) is 3.09. The maximum atomic E-state index is 12.2. The van der Waals surface area contributed by atoms with Crippen molar-refractivity contribution < 1.29 is 14.7 Å². The van der Waals surface area contributed by atoms with E-state index in [2.05, 4.69) is 34.4 Å². The summed E-state index contributed by atoms with van der Waals surface area (Å²) in [5.41, 5.74) is 1.88.